The molecular weight excluding hydrogens is 552 g/mol. The number of hydrogen-bond acceptors (Lipinski definition) is 6. The van der Waals surface area contributed by atoms with Gasteiger partial charge < -0.3 is 19.3 Å². The second-order valence-corrected chi connectivity index (χ2v) is 11.4. The van der Waals surface area contributed by atoms with Crippen molar-refractivity contribution >= 4 is 39.7 Å². The molecular formula is C29H31BrN2O6. The Balaban J connectivity index is 0.000000155. The molecule has 2 aromatic rings. The number of halogens is 1. The highest BCUT2D eigenvalue weighted by Crippen LogP contribution is 2.47. The number of hydrogen-bond donors (Lipinski definition) is 0. The number of carbonyl (C=O) groups excluding carboxylic acids is 4. The van der Waals surface area contributed by atoms with Gasteiger partial charge in [-0.05, 0) is 82.4 Å². The highest BCUT2D eigenvalue weighted by molar-refractivity contribution is 9.10. The van der Waals surface area contributed by atoms with Crippen molar-refractivity contribution in [1.29, 1.82) is 0 Å². The predicted octanol–water partition coefficient (Wildman–Crippen LogP) is 3.97. The molecule has 2 aromatic carbocycles. The maximum Gasteiger partial charge on any atom is 0.339 e. The first kappa shape index (κ1) is 26.4. The lowest BCUT2D eigenvalue weighted by Gasteiger charge is -2.18. The average molecular weight is 583 g/mol. The summed E-state index contributed by atoms with van der Waals surface area (Å²) in [5, 5.41) is 0. The molecule has 4 unspecified atom stereocenters. The van der Waals surface area contributed by atoms with Crippen molar-refractivity contribution in [3.63, 3.8) is 0 Å². The van der Waals surface area contributed by atoms with E-state index in [0.717, 1.165) is 42.6 Å². The zero-order chi connectivity index (χ0) is 27.1. The third-order valence-corrected chi connectivity index (χ3v) is 8.55. The third kappa shape index (κ3) is 5.34. The molecule has 2 heterocycles. The molecule has 6 rings (SSSR count). The van der Waals surface area contributed by atoms with Crippen molar-refractivity contribution in [1.82, 2.24) is 9.80 Å². The van der Waals surface area contributed by atoms with Gasteiger partial charge in [-0.15, -0.1) is 0 Å². The van der Waals surface area contributed by atoms with Crippen LogP contribution in [0, 0.1) is 30.6 Å². The minimum absolute atomic E-state index is 0.276. The summed E-state index contributed by atoms with van der Waals surface area (Å²) in [5.74, 6) is 1.67. The van der Waals surface area contributed by atoms with Gasteiger partial charge >= 0.3 is 11.9 Å². The van der Waals surface area contributed by atoms with E-state index in [-0.39, 0.29) is 23.8 Å². The first-order valence-corrected chi connectivity index (χ1v) is 13.6. The Morgan fingerprint density at radius 1 is 0.816 bits per heavy atom. The number of amides is 2. The van der Waals surface area contributed by atoms with Gasteiger partial charge in [0, 0.05) is 42.5 Å². The standard InChI is InChI=1S/C15H17NO3.C14H14BrNO3/c1-9-5-10(3-4-12(9)15(18)19-2)7-16-8-11-6-13(11)14(16)17;1-19-14(18)10-3-2-8(4-12(10)15)6-16-7-9-5-11(9)13(16)17/h3-5,11,13H,6-8H2,1-2H3;2-4,9,11H,5-7H2,1H3. The van der Waals surface area contributed by atoms with E-state index in [4.69, 9.17) is 9.47 Å². The maximum absolute atomic E-state index is 11.9. The van der Waals surface area contributed by atoms with Crippen LogP contribution in [0.1, 0.15) is 50.2 Å². The zero-order valence-electron chi connectivity index (χ0n) is 21.7. The van der Waals surface area contributed by atoms with Gasteiger partial charge in [-0.1, -0.05) is 18.2 Å². The molecule has 9 heteroatoms. The fraction of sp³-hybridized carbons (Fsp3) is 0.448. The summed E-state index contributed by atoms with van der Waals surface area (Å²) in [6.45, 7) is 4.92. The number of nitrogens with zero attached hydrogens (tertiary/aromatic N) is 2. The lowest BCUT2D eigenvalue weighted by atomic mass is 10.0. The summed E-state index contributed by atoms with van der Waals surface area (Å²) in [6, 6.07) is 11.1. The average Bonchev–Trinajstić information content (AvgIpc) is 3.80. The molecule has 0 aromatic heterocycles. The van der Waals surface area contributed by atoms with Crippen LogP contribution in [-0.2, 0) is 32.2 Å². The smallest absolute Gasteiger partial charge is 0.339 e. The van der Waals surface area contributed by atoms with Crippen LogP contribution in [0.3, 0.4) is 0 Å². The van der Waals surface area contributed by atoms with Crippen molar-refractivity contribution in [2.45, 2.75) is 32.9 Å². The number of benzene rings is 2. The largest absolute Gasteiger partial charge is 0.465 e. The Morgan fingerprint density at radius 3 is 1.71 bits per heavy atom. The molecule has 2 aliphatic carbocycles. The topological polar surface area (TPSA) is 93.2 Å². The van der Waals surface area contributed by atoms with Crippen molar-refractivity contribution in [2.75, 3.05) is 27.3 Å². The summed E-state index contributed by atoms with van der Waals surface area (Å²) in [5.41, 5.74) is 4.07. The molecule has 2 saturated heterocycles. The number of esters is 2. The van der Waals surface area contributed by atoms with Crippen LogP contribution in [0.4, 0.5) is 0 Å². The Bertz CT molecular complexity index is 1210. The van der Waals surface area contributed by atoms with Gasteiger partial charge in [0.1, 0.15) is 0 Å². The van der Waals surface area contributed by atoms with E-state index in [1.807, 2.05) is 41.0 Å². The van der Waals surface area contributed by atoms with Gasteiger partial charge in [0.25, 0.3) is 0 Å². The minimum Gasteiger partial charge on any atom is -0.465 e. The van der Waals surface area contributed by atoms with Gasteiger partial charge in [-0.2, -0.15) is 0 Å². The van der Waals surface area contributed by atoms with E-state index in [2.05, 4.69) is 15.9 Å². The van der Waals surface area contributed by atoms with Crippen molar-refractivity contribution < 1.29 is 28.7 Å². The molecule has 0 spiro atoms. The Kier molecular flexibility index (Phi) is 7.31. The Morgan fingerprint density at radius 2 is 1.29 bits per heavy atom. The summed E-state index contributed by atoms with van der Waals surface area (Å²) >= 11 is 3.37. The normalized spacial score (nSPS) is 24.3. The maximum atomic E-state index is 11.9. The first-order valence-electron chi connectivity index (χ1n) is 12.8. The Hall–Kier alpha value is -3.20. The van der Waals surface area contributed by atoms with E-state index >= 15 is 0 Å². The lowest BCUT2D eigenvalue weighted by molar-refractivity contribution is -0.131. The number of piperidine rings is 2. The number of fused-ring (bicyclic) bond motifs is 2. The number of carbonyl (C=O) groups is 4. The third-order valence-electron chi connectivity index (χ3n) is 7.89. The van der Waals surface area contributed by atoms with Crippen LogP contribution in [0.2, 0.25) is 0 Å². The molecule has 4 atom stereocenters. The highest BCUT2D eigenvalue weighted by Gasteiger charge is 2.52. The molecule has 200 valence electrons. The zero-order valence-corrected chi connectivity index (χ0v) is 23.3. The molecule has 38 heavy (non-hydrogen) atoms. The first-order chi connectivity index (χ1) is 18.2. The highest BCUT2D eigenvalue weighted by atomic mass is 79.9. The SMILES string of the molecule is COC(=O)c1ccc(CN2CC3CC3C2=O)cc1Br.COC(=O)c1ccc(CN2CC3CC3C2=O)cc1C. The predicted molar refractivity (Wildman–Crippen MR) is 142 cm³/mol. The van der Waals surface area contributed by atoms with Gasteiger partial charge in [0.2, 0.25) is 11.8 Å². The molecule has 0 radical (unpaired) electrons. The van der Waals surface area contributed by atoms with E-state index < -0.39 is 0 Å². The second kappa shape index (κ2) is 10.5. The number of ether oxygens (including phenoxy) is 2. The fourth-order valence-electron chi connectivity index (χ4n) is 5.54. The van der Waals surface area contributed by atoms with Gasteiger partial charge in [-0.25, -0.2) is 9.59 Å². The number of methoxy groups -OCH3 is 2. The molecule has 4 fully saturated rings. The molecule has 4 aliphatic rings. The lowest BCUT2D eigenvalue weighted by Crippen LogP contribution is -2.27. The molecule has 2 saturated carbocycles. The van der Waals surface area contributed by atoms with Gasteiger partial charge in [0.15, 0.2) is 0 Å². The van der Waals surface area contributed by atoms with Crippen LogP contribution >= 0.6 is 15.9 Å². The van der Waals surface area contributed by atoms with Gasteiger partial charge in [0.05, 0.1) is 25.3 Å². The van der Waals surface area contributed by atoms with Crippen LogP contribution in [-0.4, -0.2) is 60.9 Å². The van der Waals surface area contributed by atoms with E-state index in [0.29, 0.717) is 52.4 Å². The van der Waals surface area contributed by atoms with Crippen molar-refractivity contribution in [3.05, 3.63) is 68.7 Å². The van der Waals surface area contributed by atoms with E-state index in [1.54, 1.807) is 12.1 Å². The number of aryl methyl sites for hydroxylation is 1. The summed E-state index contributed by atoms with van der Waals surface area (Å²) in [7, 11) is 2.74. The van der Waals surface area contributed by atoms with E-state index in [1.165, 1.54) is 14.2 Å². The number of rotatable bonds is 6. The monoisotopic (exact) mass is 582 g/mol. The number of likely N-dealkylation sites (tertiary alicyclic amines) is 2. The van der Waals surface area contributed by atoms with Crippen LogP contribution < -0.4 is 0 Å². The molecule has 2 amide bonds. The fourth-order valence-corrected chi connectivity index (χ4v) is 6.13. The van der Waals surface area contributed by atoms with Crippen molar-refractivity contribution in [2.24, 2.45) is 23.7 Å². The Labute approximate surface area is 230 Å². The van der Waals surface area contributed by atoms with Gasteiger partial charge in [-0.3, -0.25) is 9.59 Å². The molecule has 0 bridgehead atoms. The van der Waals surface area contributed by atoms with Crippen molar-refractivity contribution in [3.8, 4) is 0 Å². The van der Waals surface area contributed by atoms with Crippen LogP contribution in [0.5, 0.6) is 0 Å². The summed E-state index contributed by atoms with van der Waals surface area (Å²) in [4.78, 5) is 50.6. The molecule has 2 aliphatic heterocycles. The molecule has 8 nitrogen and oxygen atoms in total. The van der Waals surface area contributed by atoms with Crippen LogP contribution in [0.25, 0.3) is 0 Å². The molecule has 0 N–H and O–H groups in total. The summed E-state index contributed by atoms with van der Waals surface area (Å²) < 4.78 is 10.1. The van der Waals surface area contributed by atoms with E-state index in [9.17, 15) is 19.2 Å². The van der Waals surface area contributed by atoms with Crippen LogP contribution in [0.15, 0.2) is 40.9 Å². The summed E-state index contributed by atoms with van der Waals surface area (Å²) in [6.07, 6.45) is 2.15. The quantitative estimate of drug-likeness (QED) is 0.478. The second-order valence-electron chi connectivity index (χ2n) is 10.6. The minimum atomic E-state index is -0.364.